The van der Waals surface area contributed by atoms with Gasteiger partial charge >= 0.3 is 0 Å². The third-order valence-electron chi connectivity index (χ3n) is 8.44. The first-order valence-electron chi connectivity index (χ1n) is 13.5. The zero-order chi connectivity index (χ0) is 26.1. The van der Waals surface area contributed by atoms with E-state index in [0.29, 0.717) is 0 Å². The maximum atomic E-state index is 6.15. The highest BCUT2D eigenvalue weighted by Crippen LogP contribution is 2.50. The first kappa shape index (κ1) is 22.2. The molecule has 0 bridgehead atoms. The average Bonchev–Trinajstić information content (AvgIpc) is 3.47. The molecule has 0 saturated heterocycles. The summed E-state index contributed by atoms with van der Waals surface area (Å²) in [7, 11) is 0. The van der Waals surface area contributed by atoms with E-state index < -0.39 is 0 Å². The van der Waals surface area contributed by atoms with Crippen molar-refractivity contribution < 1.29 is 4.42 Å². The lowest BCUT2D eigenvalue weighted by Gasteiger charge is -2.27. The molecule has 2 heteroatoms. The van der Waals surface area contributed by atoms with Gasteiger partial charge in [-0.2, -0.15) is 0 Å². The van der Waals surface area contributed by atoms with E-state index in [-0.39, 0.29) is 5.41 Å². The minimum Gasteiger partial charge on any atom is -0.456 e. The topological polar surface area (TPSA) is 16.4 Å². The quantitative estimate of drug-likeness (QED) is 0.239. The van der Waals surface area contributed by atoms with Gasteiger partial charge in [-0.1, -0.05) is 92.7 Å². The van der Waals surface area contributed by atoms with Crippen LogP contribution in [-0.2, 0) is 5.41 Å². The molecule has 6 aromatic carbocycles. The molecule has 0 unspecified atom stereocenters. The summed E-state index contributed by atoms with van der Waals surface area (Å²) < 4.78 is 6.15. The van der Waals surface area contributed by atoms with Crippen LogP contribution in [0.3, 0.4) is 0 Å². The van der Waals surface area contributed by atoms with E-state index in [1.807, 2.05) is 12.1 Å². The molecule has 0 radical (unpaired) electrons. The predicted molar refractivity (Wildman–Crippen MR) is 163 cm³/mol. The number of hydrogen-bond acceptors (Lipinski definition) is 2. The van der Waals surface area contributed by atoms with E-state index in [0.717, 1.165) is 33.6 Å². The Morgan fingerprint density at radius 1 is 0.513 bits per heavy atom. The first-order chi connectivity index (χ1) is 19.1. The number of anilines is 3. The molecule has 1 aromatic heterocycles. The van der Waals surface area contributed by atoms with Gasteiger partial charge in [0.2, 0.25) is 0 Å². The third-order valence-corrected chi connectivity index (χ3v) is 8.44. The average molecular weight is 502 g/mol. The van der Waals surface area contributed by atoms with E-state index in [2.05, 4.69) is 134 Å². The molecule has 0 atom stereocenters. The van der Waals surface area contributed by atoms with Crippen LogP contribution < -0.4 is 4.90 Å². The molecule has 1 aliphatic rings. The number of benzene rings is 6. The van der Waals surface area contributed by atoms with E-state index in [4.69, 9.17) is 4.42 Å². The molecule has 0 aliphatic heterocycles. The van der Waals surface area contributed by atoms with Crippen LogP contribution in [0.5, 0.6) is 0 Å². The van der Waals surface area contributed by atoms with Gasteiger partial charge in [-0.25, -0.2) is 0 Å². The van der Waals surface area contributed by atoms with Crippen molar-refractivity contribution in [1.29, 1.82) is 0 Å². The van der Waals surface area contributed by atoms with Crippen molar-refractivity contribution in [2.75, 3.05) is 4.90 Å². The van der Waals surface area contributed by atoms with E-state index >= 15 is 0 Å². The second kappa shape index (κ2) is 8.09. The second-order valence-electron chi connectivity index (χ2n) is 11.0. The number of hydrogen-bond donors (Lipinski definition) is 0. The van der Waals surface area contributed by atoms with Gasteiger partial charge in [-0.3, -0.25) is 0 Å². The highest BCUT2D eigenvalue weighted by atomic mass is 16.3. The van der Waals surface area contributed by atoms with Crippen LogP contribution in [-0.4, -0.2) is 0 Å². The maximum absolute atomic E-state index is 6.15. The molecule has 0 saturated carbocycles. The van der Waals surface area contributed by atoms with Crippen molar-refractivity contribution in [3.05, 3.63) is 139 Å². The van der Waals surface area contributed by atoms with Gasteiger partial charge in [0.05, 0.1) is 0 Å². The van der Waals surface area contributed by atoms with Gasteiger partial charge in [0.1, 0.15) is 11.2 Å². The summed E-state index contributed by atoms with van der Waals surface area (Å²) in [6.45, 7) is 4.66. The lowest BCUT2D eigenvalue weighted by atomic mass is 9.82. The Labute approximate surface area is 227 Å². The van der Waals surface area contributed by atoms with Gasteiger partial charge in [-0.15, -0.1) is 0 Å². The van der Waals surface area contributed by atoms with E-state index in [9.17, 15) is 0 Å². The standard InChI is InChI=1S/C37H27NO/c1-37(2)32-14-8-6-12-29(32)31-23-27(18-20-33(31)37)38(25-10-4-3-5-11-25)26-17-19-28-24(22-26)16-21-35-36(28)30-13-7-9-15-34(30)39-35/h3-23H,1-2H3. The van der Waals surface area contributed by atoms with Gasteiger partial charge in [0.15, 0.2) is 0 Å². The normalized spacial score (nSPS) is 13.6. The number of para-hydroxylation sites is 2. The number of furan rings is 1. The predicted octanol–water partition coefficient (Wildman–Crippen LogP) is 10.5. The fourth-order valence-electron chi connectivity index (χ4n) is 6.55. The number of rotatable bonds is 3. The Balaban J connectivity index is 1.34. The summed E-state index contributed by atoms with van der Waals surface area (Å²) in [5, 5.41) is 4.74. The number of fused-ring (bicyclic) bond motifs is 8. The fraction of sp³-hybridized carbons (Fsp3) is 0.0811. The van der Waals surface area contributed by atoms with Crippen LogP contribution in [0.4, 0.5) is 17.1 Å². The van der Waals surface area contributed by atoms with Crippen LogP contribution in [0.15, 0.2) is 132 Å². The van der Waals surface area contributed by atoms with Gasteiger partial charge in [0.25, 0.3) is 0 Å². The maximum Gasteiger partial charge on any atom is 0.136 e. The number of nitrogens with zero attached hydrogens (tertiary/aromatic N) is 1. The SMILES string of the molecule is CC1(C)c2ccccc2-c2cc(N(c3ccccc3)c3ccc4c(ccc5oc6ccccc6c54)c3)ccc21. The molecule has 7 aromatic rings. The van der Waals surface area contributed by atoms with Crippen LogP contribution in [0.25, 0.3) is 43.8 Å². The molecule has 0 fully saturated rings. The van der Waals surface area contributed by atoms with Crippen LogP contribution in [0.2, 0.25) is 0 Å². The highest BCUT2D eigenvalue weighted by Gasteiger charge is 2.35. The lowest BCUT2D eigenvalue weighted by Crippen LogP contribution is -2.15. The van der Waals surface area contributed by atoms with Crippen molar-refractivity contribution in [3.8, 4) is 11.1 Å². The third kappa shape index (κ3) is 3.21. The van der Waals surface area contributed by atoms with E-state index in [1.54, 1.807) is 0 Å². The molecule has 0 N–H and O–H groups in total. The first-order valence-corrected chi connectivity index (χ1v) is 13.5. The molecule has 186 valence electrons. The van der Waals surface area contributed by atoms with Crippen LogP contribution >= 0.6 is 0 Å². The van der Waals surface area contributed by atoms with Crippen molar-refractivity contribution in [1.82, 2.24) is 0 Å². The molecule has 39 heavy (non-hydrogen) atoms. The molecule has 0 amide bonds. The molecule has 0 spiro atoms. The van der Waals surface area contributed by atoms with Gasteiger partial charge in [-0.05, 0) is 81.6 Å². The summed E-state index contributed by atoms with van der Waals surface area (Å²) >= 11 is 0. The molecule has 8 rings (SSSR count). The summed E-state index contributed by atoms with van der Waals surface area (Å²) in [4.78, 5) is 2.37. The Morgan fingerprint density at radius 2 is 1.23 bits per heavy atom. The summed E-state index contributed by atoms with van der Waals surface area (Å²) in [6, 6.07) is 45.8. The zero-order valence-electron chi connectivity index (χ0n) is 22.0. The highest BCUT2D eigenvalue weighted by molar-refractivity contribution is 6.19. The largest absolute Gasteiger partial charge is 0.456 e. The Morgan fingerprint density at radius 3 is 2.13 bits per heavy atom. The van der Waals surface area contributed by atoms with Crippen LogP contribution in [0, 0.1) is 0 Å². The fourth-order valence-corrected chi connectivity index (χ4v) is 6.55. The molecule has 1 heterocycles. The molecular formula is C37H27NO. The van der Waals surface area contributed by atoms with E-state index in [1.165, 1.54) is 38.4 Å². The minimum absolute atomic E-state index is 0.0102. The molecule has 1 aliphatic carbocycles. The summed E-state index contributed by atoms with van der Waals surface area (Å²) in [5.41, 5.74) is 10.7. The van der Waals surface area contributed by atoms with Crippen molar-refractivity contribution in [2.45, 2.75) is 19.3 Å². The Hall–Kier alpha value is -4.82. The summed E-state index contributed by atoms with van der Waals surface area (Å²) in [5.74, 6) is 0. The lowest BCUT2D eigenvalue weighted by molar-refractivity contribution is 0.660. The monoisotopic (exact) mass is 501 g/mol. The van der Waals surface area contributed by atoms with Crippen molar-refractivity contribution >= 4 is 49.8 Å². The minimum atomic E-state index is -0.0102. The summed E-state index contributed by atoms with van der Waals surface area (Å²) in [6.07, 6.45) is 0. The van der Waals surface area contributed by atoms with Crippen molar-refractivity contribution in [2.24, 2.45) is 0 Å². The van der Waals surface area contributed by atoms with Gasteiger partial charge in [0, 0.05) is 33.2 Å². The second-order valence-corrected chi connectivity index (χ2v) is 11.0. The van der Waals surface area contributed by atoms with Crippen LogP contribution in [0.1, 0.15) is 25.0 Å². The molecule has 2 nitrogen and oxygen atoms in total. The molecular weight excluding hydrogens is 474 g/mol. The Kier molecular flexibility index (Phi) is 4.60. The zero-order valence-corrected chi connectivity index (χ0v) is 22.0. The Bertz CT molecular complexity index is 2050. The smallest absolute Gasteiger partial charge is 0.136 e. The van der Waals surface area contributed by atoms with Gasteiger partial charge < -0.3 is 9.32 Å². The van der Waals surface area contributed by atoms with Crippen molar-refractivity contribution in [3.63, 3.8) is 0 Å².